The number of fused-ring (bicyclic) bond motifs is 1. The van der Waals surface area contributed by atoms with Crippen molar-refractivity contribution >= 4 is 39.3 Å². The van der Waals surface area contributed by atoms with Gasteiger partial charge in [-0.15, -0.1) is 0 Å². The van der Waals surface area contributed by atoms with Gasteiger partial charge >= 0.3 is 0 Å². The van der Waals surface area contributed by atoms with Crippen molar-refractivity contribution in [2.75, 3.05) is 42.0 Å². The van der Waals surface area contributed by atoms with Crippen LogP contribution in [-0.2, 0) is 16.7 Å². The molecule has 0 radical (unpaired) electrons. The molecule has 4 aromatic rings. The van der Waals surface area contributed by atoms with E-state index in [1.807, 2.05) is 12.4 Å². The van der Waals surface area contributed by atoms with Gasteiger partial charge in [-0.05, 0) is 47.9 Å². The van der Waals surface area contributed by atoms with E-state index in [4.69, 9.17) is 4.98 Å². The third-order valence-electron chi connectivity index (χ3n) is 7.62. The number of halogens is 1. The summed E-state index contributed by atoms with van der Waals surface area (Å²) in [5, 5.41) is 9.99. The predicted octanol–water partition coefficient (Wildman–Crippen LogP) is 5.03. The Labute approximate surface area is 224 Å². The van der Waals surface area contributed by atoms with Crippen LogP contribution < -0.4 is 10.2 Å². The monoisotopic (exact) mass is 533 g/mol. The van der Waals surface area contributed by atoms with E-state index in [9.17, 15) is 8.94 Å². The Morgan fingerprint density at radius 3 is 2.66 bits per heavy atom. The van der Waals surface area contributed by atoms with Gasteiger partial charge in [0, 0.05) is 48.7 Å². The SMILES string of the molecule is CC(C)c1ccc(N2CC(C[S+](C)[O-])C2)c2cnc(Nc3ccnc(-c4cnn(C5(CF)CC5)c4)n3)cc12. The Balaban J connectivity index is 1.26. The number of hydrogen-bond acceptors (Lipinski definition) is 7. The second-order valence-corrected chi connectivity index (χ2v) is 12.4. The Bertz CT molecular complexity index is 1460. The van der Waals surface area contributed by atoms with Crippen LogP contribution in [0, 0.1) is 5.92 Å². The number of rotatable bonds is 9. The van der Waals surface area contributed by atoms with Crippen LogP contribution in [0.5, 0.6) is 0 Å². The van der Waals surface area contributed by atoms with Crippen molar-refractivity contribution in [2.24, 2.45) is 5.92 Å². The lowest BCUT2D eigenvalue weighted by molar-refractivity contribution is 0.314. The molecule has 1 aromatic carbocycles. The lowest BCUT2D eigenvalue weighted by atomic mass is 9.93. The van der Waals surface area contributed by atoms with Crippen molar-refractivity contribution in [1.29, 1.82) is 0 Å². The molecule has 0 spiro atoms. The van der Waals surface area contributed by atoms with E-state index in [2.05, 4.69) is 57.3 Å². The molecule has 1 unspecified atom stereocenters. The summed E-state index contributed by atoms with van der Waals surface area (Å²) in [6.07, 6.45) is 10.5. The fraction of sp³-hybridized carbons (Fsp3) is 0.429. The molecule has 2 aliphatic rings. The summed E-state index contributed by atoms with van der Waals surface area (Å²) in [6.45, 7) is 5.82. The van der Waals surface area contributed by atoms with Crippen molar-refractivity contribution in [3.63, 3.8) is 0 Å². The second-order valence-electron chi connectivity index (χ2n) is 10.9. The van der Waals surface area contributed by atoms with E-state index in [0.29, 0.717) is 29.3 Å². The van der Waals surface area contributed by atoms with Gasteiger partial charge in [-0.3, -0.25) is 4.68 Å². The van der Waals surface area contributed by atoms with Gasteiger partial charge in [-0.25, -0.2) is 19.3 Å². The minimum absolute atomic E-state index is 0.356. The van der Waals surface area contributed by atoms with Gasteiger partial charge in [0.05, 0.1) is 23.6 Å². The number of nitrogens with zero attached hydrogens (tertiary/aromatic N) is 6. The molecule has 0 bridgehead atoms. The molecule has 8 nitrogen and oxygen atoms in total. The van der Waals surface area contributed by atoms with Crippen molar-refractivity contribution in [2.45, 2.75) is 38.1 Å². The molecule has 0 amide bonds. The van der Waals surface area contributed by atoms with E-state index in [1.165, 1.54) is 11.3 Å². The standard InChI is InChI=1S/C28H32FN7OS/c1-18(2)21-4-5-24(35-13-19(14-35)16-38(3)37)23-12-31-26(10-22(21)23)33-25-6-9-30-27(34-25)20-11-32-36(15-20)28(17-29)7-8-28/h4-6,9-12,15,18-19H,7-8,13-14,16-17H2,1-3H3,(H,30,31,33,34). The number of benzene rings is 1. The first-order valence-corrected chi connectivity index (χ1v) is 14.8. The maximum Gasteiger partial charge on any atom is 0.164 e. The topological polar surface area (TPSA) is 94.8 Å². The molecule has 198 valence electrons. The molecule has 1 saturated carbocycles. The lowest BCUT2D eigenvalue weighted by Gasteiger charge is -2.41. The Morgan fingerprint density at radius 1 is 1.13 bits per heavy atom. The maximum atomic E-state index is 13.5. The van der Waals surface area contributed by atoms with Crippen molar-refractivity contribution < 1.29 is 8.94 Å². The van der Waals surface area contributed by atoms with Crippen LogP contribution in [0.25, 0.3) is 22.2 Å². The molecule has 1 saturated heterocycles. The van der Waals surface area contributed by atoms with E-state index < -0.39 is 23.4 Å². The summed E-state index contributed by atoms with van der Waals surface area (Å²) >= 11 is -0.767. The number of pyridine rings is 1. The summed E-state index contributed by atoms with van der Waals surface area (Å²) in [5.41, 5.74) is 2.71. The fourth-order valence-electron chi connectivity index (χ4n) is 5.26. The van der Waals surface area contributed by atoms with Gasteiger partial charge in [-0.2, -0.15) is 5.10 Å². The highest BCUT2D eigenvalue weighted by molar-refractivity contribution is 7.90. The fourth-order valence-corrected chi connectivity index (χ4v) is 6.14. The average Bonchev–Trinajstić information content (AvgIpc) is 3.52. The van der Waals surface area contributed by atoms with Crippen molar-refractivity contribution in [1.82, 2.24) is 24.7 Å². The zero-order valence-corrected chi connectivity index (χ0v) is 22.7. The first-order chi connectivity index (χ1) is 18.3. The quantitative estimate of drug-likeness (QED) is 0.302. The molecule has 1 aliphatic carbocycles. The highest BCUT2D eigenvalue weighted by atomic mass is 32.2. The second kappa shape index (κ2) is 9.81. The molecule has 1 atom stereocenters. The van der Waals surface area contributed by atoms with Crippen LogP contribution in [0.3, 0.4) is 0 Å². The Hall–Kier alpha value is -3.24. The number of nitrogens with one attached hydrogen (secondary N) is 1. The van der Waals surface area contributed by atoms with Gasteiger partial charge < -0.3 is 14.8 Å². The molecule has 1 aliphatic heterocycles. The van der Waals surface area contributed by atoms with E-state index in [0.717, 1.165) is 48.0 Å². The van der Waals surface area contributed by atoms with Crippen molar-refractivity contribution in [3.8, 4) is 11.4 Å². The molecule has 3 aromatic heterocycles. The van der Waals surface area contributed by atoms with Gasteiger partial charge in [0.1, 0.15) is 24.1 Å². The van der Waals surface area contributed by atoms with Crippen LogP contribution in [-0.4, -0.2) is 61.1 Å². The highest BCUT2D eigenvalue weighted by Gasteiger charge is 2.45. The van der Waals surface area contributed by atoms with Gasteiger partial charge in [0.2, 0.25) is 0 Å². The van der Waals surface area contributed by atoms with E-state index in [-0.39, 0.29) is 0 Å². The van der Waals surface area contributed by atoms with E-state index >= 15 is 0 Å². The van der Waals surface area contributed by atoms with Crippen LogP contribution in [0.2, 0.25) is 0 Å². The molecular weight excluding hydrogens is 501 g/mol. The van der Waals surface area contributed by atoms with E-state index in [1.54, 1.807) is 29.4 Å². The number of aromatic nitrogens is 5. The summed E-state index contributed by atoms with van der Waals surface area (Å²) in [7, 11) is 0. The lowest BCUT2D eigenvalue weighted by Crippen LogP contribution is -2.49. The zero-order chi connectivity index (χ0) is 26.4. The summed E-state index contributed by atoms with van der Waals surface area (Å²) in [6, 6.07) is 8.30. The number of alkyl halides is 1. The maximum absolute atomic E-state index is 13.5. The third-order valence-corrected chi connectivity index (χ3v) is 8.56. The molecular formula is C28H32FN7OS. The van der Waals surface area contributed by atoms with Crippen LogP contribution in [0.15, 0.2) is 49.1 Å². The highest BCUT2D eigenvalue weighted by Crippen LogP contribution is 2.44. The summed E-state index contributed by atoms with van der Waals surface area (Å²) in [4.78, 5) is 16.2. The third kappa shape index (κ3) is 4.71. The minimum atomic E-state index is -0.767. The number of hydrogen-bond donors (Lipinski definition) is 1. The van der Waals surface area contributed by atoms with Crippen molar-refractivity contribution in [3.05, 3.63) is 54.6 Å². The molecule has 4 heterocycles. The molecule has 1 N–H and O–H groups in total. The smallest absolute Gasteiger partial charge is 0.164 e. The molecule has 10 heteroatoms. The minimum Gasteiger partial charge on any atom is -0.617 e. The molecule has 2 fully saturated rings. The van der Waals surface area contributed by atoms with Crippen LogP contribution in [0.1, 0.15) is 38.2 Å². The van der Waals surface area contributed by atoms with Crippen LogP contribution >= 0.6 is 0 Å². The summed E-state index contributed by atoms with van der Waals surface area (Å²) in [5.74, 6) is 3.44. The van der Waals surface area contributed by atoms with Gasteiger partial charge in [0.25, 0.3) is 0 Å². The average molecular weight is 534 g/mol. The van der Waals surface area contributed by atoms with Gasteiger partial charge in [-0.1, -0.05) is 31.1 Å². The molecule has 6 rings (SSSR count). The molecule has 38 heavy (non-hydrogen) atoms. The Morgan fingerprint density at radius 2 is 1.95 bits per heavy atom. The largest absolute Gasteiger partial charge is 0.617 e. The van der Waals surface area contributed by atoms with Gasteiger partial charge in [0.15, 0.2) is 5.82 Å². The predicted molar refractivity (Wildman–Crippen MR) is 150 cm³/mol. The van der Waals surface area contributed by atoms with Crippen LogP contribution in [0.4, 0.5) is 21.7 Å². The first kappa shape index (κ1) is 25.1. The Kier molecular flexibility index (Phi) is 6.47. The zero-order valence-electron chi connectivity index (χ0n) is 21.9. The normalized spacial score (nSPS) is 17.6. The number of anilines is 3. The first-order valence-electron chi connectivity index (χ1n) is 13.0. The summed E-state index contributed by atoms with van der Waals surface area (Å²) < 4.78 is 26.8.